The van der Waals surface area contributed by atoms with Crippen molar-refractivity contribution in [1.29, 1.82) is 0 Å². The van der Waals surface area contributed by atoms with E-state index in [0.29, 0.717) is 17.4 Å². The zero-order valence-electron chi connectivity index (χ0n) is 13.5. The zero-order valence-corrected chi connectivity index (χ0v) is 13.5. The number of carbonyl (C=O) groups excluding carboxylic acids is 1. The molecule has 2 aliphatic rings. The minimum absolute atomic E-state index is 0.253. The summed E-state index contributed by atoms with van der Waals surface area (Å²) in [4.78, 5) is 12.3. The van der Waals surface area contributed by atoms with Crippen LogP contribution in [0.15, 0.2) is 0 Å². The lowest BCUT2D eigenvalue weighted by Crippen LogP contribution is -2.37. The molecule has 0 aliphatic heterocycles. The molecule has 0 aromatic rings. The van der Waals surface area contributed by atoms with E-state index in [1.54, 1.807) is 0 Å². The van der Waals surface area contributed by atoms with Crippen LogP contribution < -0.4 is 11.1 Å². The van der Waals surface area contributed by atoms with Gasteiger partial charge in [0, 0.05) is 18.5 Å². The van der Waals surface area contributed by atoms with Gasteiger partial charge in [-0.25, -0.2) is 0 Å². The average molecular weight is 280 g/mol. The van der Waals surface area contributed by atoms with Crippen molar-refractivity contribution >= 4 is 5.91 Å². The third-order valence-corrected chi connectivity index (χ3v) is 5.47. The first-order valence-corrected chi connectivity index (χ1v) is 8.39. The molecule has 2 fully saturated rings. The van der Waals surface area contributed by atoms with E-state index in [0.717, 1.165) is 38.1 Å². The summed E-state index contributed by atoms with van der Waals surface area (Å²) in [5, 5.41) is 3.17. The topological polar surface area (TPSA) is 55.1 Å². The summed E-state index contributed by atoms with van der Waals surface area (Å²) in [6, 6.07) is 0.360. The number of hydrogen-bond donors (Lipinski definition) is 2. The third kappa shape index (κ3) is 4.21. The molecular formula is C17H32N2O. The van der Waals surface area contributed by atoms with E-state index in [1.807, 2.05) is 0 Å². The van der Waals surface area contributed by atoms with Gasteiger partial charge in [-0.2, -0.15) is 0 Å². The fraction of sp³-hybridized carbons (Fsp3) is 0.941. The van der Waals surface area contributed by atoms with E-state index in [2.05, 4.69) is 26.1 Å². The van der Waals surface area contributed by atoms with Crippen LogP contribution >= 0.6 is 0 Å². The second-order valence-corrected chi connectivity index (χ2v) is 8.10. The van der Waals surface area contributed by atoms with Gasteiger partial charge in [0.25, 0.3) is 0 Å². The first-order valence-electron chi connectivity index (χ1n) is 8.39. The number of carbonyl (C=O) groups is 1. The Labute approximate surface area is 124 Å². The molecule has 2 unspecified atom stereocenters. The van der Waals surface area contributed by atoms with Crippen LogP contribution in [0, 0.1) is 23.2 Å². The number of nitrogens with two attached hydrogens (primary N) is 1. The number of hydrogen-bond acceptors (Lipinski definition) is 2. The second-order valence-electron chi connectivity index (χ2n) is 8.10. The molecule has 3 heteroatoms. The molecule has 2 atom stereocenters. The van der Waals surface area contributed by atoms with Crippen molar-refractivity contribution in [1.82, 2.24) is 5.32 Å². The largest absolute Gasteiger partial charge is 0.356 e. The summed E-state index contributed by atoms with van der Waals surface area (Å²) in [5.74, 6) is 1.93. The van der Waals surface area contributed by atoms with Crippen molar-refractivity contribution < 1.29 is 4.79 Å². The Morgan fingerprint density at radius 1 is 1.10 bits per heavy atom. The molecule has 0 aromatic carbocycles. The smallest absolute Gasteiger partial charge is 0.223 e. The molecular weight excluding hydrogens is 248 g/mol. The quantitative estimate of drug-likeness (QED) is 0.834. The molecule has 0 radical (unpaired) electrons. The van der Waals surface area contributed by atoms with E-state index in [1.165, 1.54) is 19.3 Å². The van der Waals surface area contributed by atoms with Gasteiger partial charge in [-0.3, -0.25) is 4.79 Å². The third-order valence-electron chi connectivity index (χ3n) is 5.47. The van der Waals surface area contributed by atoms with Crippen molar-refractivity contribution in [3.8, 4) is 0 Å². The average Bonchev–Trinajstić information content (AvgIpc) is 2.81. The lowest BCUT2D eigenvalue weighted by atomic mass is 9.69. The second kappa shape index (κ2) is 6.46. The Morgan fingerprint density at radius 2 is 1.75 bits per heavy atom. The van der Waals surface area contributed by atoms with Gasteiger partial charge >= 0.3 is 0 Å². The van der Waals surface area contributed by atoms with Crippen molar-refractivity contribution in [2.75, 3.05) is 6.54 Å². The first kappa shape index (κ1) is 15.8. The molecule has 2 saturated carbocycles. The maximum absolute atomic E-state index is 12.3. The minimum atomic E-state index is 0.253. The Balaban J connectivity index is 1.69. The standard InChI is InChI=1S/C17H32N2O/c1-17(2,3)14-7-5-13(6-8-14)16(20)19-11-12-4-9-15(18)10-12/h12-15H,4-11,18H2,1-3H3,(H,19,20). The molecule has 3 nitrogen and oxygen atoms in total. The lowest BCUT2D eigenvalue weighted by molar-refractivity contribution is -0.126. The summed E-state index contributed by atoms with van der Waals surface area (Å²) in [6.45, 7) is 7.80. The summed E-state index contributed by atoms with van der Waals surface area (Å²) < 4.78 is 0. The van der Waals surface area contributed by atoms with Crippen LogP contribution in [0.25, 0.3) is 0 Å². The molecule has 2 rings (SSSR count). The lowest BCUT2D eigenvalue weighted by Gasteiger charge is -2.36. The fourth-order valence-corrected chi connectivity index (χ4v) is 3.91. The van der Waals surface area contributed by atoms with E-state index < -0.39 is 0 Å². The Morgan fingerprint density at radius 3 is 2.25 bits per heavy atom. The van der Waals surface area contributed by atoms with E-state index in [9.17, 15) is 4.79 Å². The van der Waals surface area contributed by atoms with Gasteiger partial charge in [0.15, 0.2) is 0 Å². The van der Waals surface area contributed by atoms with Gasteiger partial charge in [-0.1, -0.05) is 20.8 Å². The SMILES string of the molecule is CC(C)(C)C1CCC(C(=O)NCC2CCC(N)C2)CC1. The van der Waals surface area contributed by atoms with Crippen LogP contribution in [0.1, 0.15) is 65.7 Å². The summed E-state index contributed by atoms with van der Waals surface area (Å²) in [5.41, 5.74) is 6.31. The van der Waals surface area contributed by atoms with Crippen molar-refractivity contribution in [2.24, 2.45) is 28.9 Å². The van der Waals surface area contributed by atoms with Gasteiger partial charge in [0.2, 0.25) is 5.91 Å². The normalized spacial score (nSPS) is 35.0. The summed E-state index contributed by atoms with van der Waals surface area (Å²) in [7, 11) is 0. The Kier molecular flexibility index (Phi) is 5.11. The molecule has 2 aliphatic carbocycles. The van der Waals surface area contributed by atoms with Crippen molar-refractivity contribution in [3.63, 3.8) is 0 Å². The van der Waals surface area contributed by atoms with E-state index in [4.69, 9.17) is 5.73 Å². The highest BCUT2D eigenvalue weighted by Gasteiger charge is 2.32. The molecule has 20 heavy (non-hydrogen) atoms. The van der Waals surface area contributed by atoms with Crippen molar-refractivity contribution in [2.45, 2.75) is 71.8 Å². The molecule has 1 amide bonds. The van der Waals surface area contributed by atoms with Crippen LogP contribution in [0.3, 0.4) is 0 Å². The van der Waals surface area contributed by atoms with Crippen LogP contribution in [0.2, 0.25) is 0 Å². The highest BCUT2D eigenvalue weighted by atomic mass is 16.1. The van der Waals surface area contributed by atoms with Crippen LogP contribution in [0.5, 0.6) is 0 Å². The van der Waals surface area contributed by atoms with E-state index >= 15 is 0 Å². The molecule has 0 heterocycles. The number of amides is 1. The minimum Gasteiger partial charge on any atom is -0.356 e. The van der Waals surface area contributed by atoms with Crippen LogP contribution in [-0.4, -0.2) is 18.5 Å². The van der Waals surface area contributed by atoms with Crippen molar-refractivity contribution in [3.05, 3.63) is 0 Å². The zero-order chi connectivity index (χ0) is 14.8. The maximum Gasteiger partial charge on any atom is 0.223 e. The fourth-order valence-electron chi connectivity index (χ4n) is 3.91. The van der Waals surface area contributed by atoms with Gasteiger partial charge in [-0.05, 0) is 62.2 Å². The van der Waals surface area contributed by atoms with Gasteiger partial charge < -0.3 is 11.1 Å². The molecule has 3 N–H and O–H groups in total. The summed E-state index contributed by atoms with van der Waals surface area (Å²) >= 11 is 0. The van der Waals surface area contributed by atoms with Gasteiger partial charge in [-0.15, -0.1) is 0 Å². The van der Waals surface area contributed by atoms with Gasteiger partial charge in [0.1, 0.15) is 0 Å². The predicted octanol–water partition coefficient (Wildman–Crippen LogP) is 3.08. The van der Waals surface area contributed by atoms with Crippen LogP contribution in [0.4, 0.5) is 0 Å². The van der Waals surface area contributed by atoms with Gasteiger partial charge in [0.05, 0.1) is 0 Å². The molecule has 0 spiro atoms. The van der Waals surface area contributed by atoms with Crippen LogP contribution in [-0.2, 0) is 4.79 Å². The molecule has 116 valence electrons. The maximum atomic E-state index is 12.3. The first-order chi connectivity index (χ1) is 9.36. The summed E-state index contributed by atoms with van der Waals surface area (Å²) in [6.07, 6.45) is 7.92. The Hall–Kier alpha value is -0.570. The monoisotopic (exact) mass is 280 g/mol. The molecule has 0 saturated heterocycles. The highest BCUT2D eigenvalue weighted by molar-refractivity contribution is 5.78. The highest BCUT2D eigenvalue weighted by Crippen LogP contribution is 2.39. The van der Waals surface area contributed by atoms with E-state index in [-0.39, 0.29) is 11.8 Å². The molecule has 0 bridgehead atoms. The number of nitrogens with one attached hydrogen (secondary N) is 1. The Bertz CT molecular complexity index is 326. The molecule has 0 aromatic heterocycles. The number of rotatable bonds is 3. The predicted molar refractivity (Wildman–Crippen MR) is 83.2 cm³/mol.